The summed E-state index contributed by atoms with van der Waals surface area (Å²) in [6.45, 7) is 0.273. The molecule has 4 aromatic rings. The van der Waals surface area contributed by atoms with Crippen LogP contribution in [0.5, 0.6) is 5.75 Å². The van der Waals surface area contributed by atoms with Crippen LogP contribution in [0, 0.1) is 5.41 Å². The highest BCUT2D eigenvalue weighted by Crippen LogP contribution is 2.34. The lowest BCUT2D eigenvalue weighted by Gasteiger charge is -2.23. The zero-order valence-corrected chi connectivity index (χ0v) is 16.6. The number of furan rings is 1. The SMILES string of the molecule is COc1ccc(Cl)cc1N(Cc1cc2cccc(-c3ccccc3)c2o1)C(=N)N. The van der Waals surface area contributed by atoms with Gasteiger partial charge in [-0.3, -0.25) is 5.41 Å². The van der Waals surface area contributed by atoms with Gasteiger partial charge < -0.3 is 19.8 Å². The van der Waals surface area contributed by atoms with Crippen molar-refractivity contribution in [1.82, 2.24) is 0 Å². The number of nitrogens with zero attached hydrogens (tertiary/aromatic N) is 1. The molecule has 0 saturated heterocycles. The Kier molecular flexibility index (Phi) is 5.14. The third-order valence-corrected chi connectivity index (χ3v) is 4.95. The standard InChI is InChI=1S/C23H20ClN3O2/c1-28-21-11-10-17(24)13-20(21)27(23(25)26)14-18-12-16-8-5-9-19(22(16)29-18)15-6-3-2-4-7-15/h2-13H,14H2,1H3,(H3,25,26). The molecule has 3 N–H and O–H groups in total. The first-order valence-corrected chi connectivity index (χ1v) is 9.46. The number of anilines is 1. The molecule has 1 heterocycles. The molecule has 5 nitrogen and oxygen atoms in total. The van der Waals surface area contributed by atoms with Crippen LogP contribution in [0.25, 0.3) is 22.1 Å². The average molecular weight is 406 g/mol. The molecule has 1 aromatic heterocycles. The monoisotopic (exact) mass is 405 g/mol. The van der Waals surface area contributed by atoms with Crippen molar-refractivity contribution in [2.75, 3.05) is 12.0 Å². The van der Waals surface area contributed by atoms with Crippen LogP contribution in [0.2, 0.25) is 5.02 Å². The molecule has 6 heteroatoms. The quantitative estimate of drug-likeness (QED) is 0.331. The van der Waals surface area contributed by atoms with Crippen molar-refractivity contribution < 1.29 is 9.15 Å². The molecule has 0 unspecified atom stereocenters. The van der Waals surface area contributed by atoms with Gasteiger partial charge in [0, 0.05) is 16.0 Å². The molecular formula is C23H20ClN3O2. The van der Waals surface area contributed by atoms with Gasteiger partial charge >= 0.3 is 0 Å². The number of halogens is 1. The highest BCUT2D eigenvalue weighted by Gasteiger charge is 2.19. The van der Waals surface area contributed by atoms with Gasteiger partial charge in [-0.2, -0.15) is 0 Å². The number of nitrogens with two attached hydrogens (primary N) is 1. The molecule has 4 rings (SSSR count). The summed E-state index contributed by atoms with van der Waals surface area (Å²) < 4.78 is 11.6. The maximum atomic E-state index is 8.06. The van der Waals surface area contributed by atoms with E-state index in [1.165, 1.54) is 0 Å². The Morgan fingerprint density at radius 2 is 1.86 bits per heavy atom. The van der Waals surface area contributed by atoms with Crippen molar-refractivity contribution in [3.63, 3.8) is 0 Å². The van der Waals surface area contributed by atoms with E-state index < -0.39 is 0 Å². The predicted molar refractivity (Wildman–Crippen MR) is 118 cm³/mol. The molecular weight excluding hydrogens is 386 g/mol. The van der Waals surface area contributed by atoms with Crippen LogP contribution in [0.1, 0.15) is 5.76 Å². The van der Waals surface area contributed by atoms with Gasteiger partial charge in [-0.05, 0) is 29.8 Å². The van der Waals surface area contributed by atoms with E-state index in [1.54, 1.807) is 30.2 Å². The second-order valence-electron chi connectivity index (χ2n) is 6.59. The summed E-state index contributed by atoms with van der Waals surface area (Å²) in [5.74, 6) is 1.13. The van der Waals surface area contributed by atoms with Crippen LogP contribution < -0.4 is 15.4 Å². The summed E-state index contributed by atoms with van der Waals surface area (Å²) >= 11 is 6.16. The Labute approximate surface area is 173 Å². The van der Waals surface area contributed by atoms with Crippen molar-refractivity contribution in [3.8, 4) is 16.9 Å². The zero-order chi connectivity index (χ0) is 20.4. The van der Waals surface area contributed by atoms with E-state index in [0.29, 0.717) is 22.2 Å². The van der Waals surface area contributed by atoms with Gasteiger partial charge in [-0.1, -0.05) is 60.1 Å². The molecule has 0 aliphatic carbocycles. The molecule has 0 aliphatic heterocycles. The molecule has 0 spiro atoms. The molecule has 0 radical (unpaired) electrons. The molecule has 3 aromatic carbocycles. The first kappa shape index (κ1) is 18.9. The zero-order valence-electron chi connectivity index (χ0n) is 15.9. The Balaban J connectivity index is 1.75. The summed E-state index contributed by atoms with van der Waals surface area (Å²) in [7, 11) is 1.57. The minimum absolute atomic E-state index is 0.130. The second kappa shape index (κ2) is 7.89. The number of nitrogens with one attached hydrogen (secondary N) is 1. The van der Waals surface area contributed by atoms with Crippen LogP contribution in [0.15, 0.2) is 77.2 Å². The number of hydrogen-bond donors (Lipinski definition) is 2. The van der Waals surface area contributed by atoms with Crippen molar-refractivity contribution >= 4 is 34.2 Å². The minimum atomic E-state index is -0.130. The highest BCUT2D eigenvalue weighted by atomic mass is 35.5. The molecule has 0 bridgehead atoms. The Hall–Kier alpha value is -3.44. The molecule has 0 saturated carbocycles. The Morgan fingerprint density at radius 3 is 2.59 bits per heavy atom. The van der Waals surface area contributed by atoms with E-state index >= 15 is 0 Å². The molecule has 0 atom stereocenters. The second-order valence-corrected chi connectivity index (χ2v) is 7.03. The van der Waals surface area contributed by atoms with E-state index in [1.807, 2.05) is 42.5 Å². The molecule has 0 fully saturated rings. The first-order chi connectivity index (χ1) is 14.1. The van der Waals surface area contributed by atoms with Crippen LogP contribution in [-0.2, 0) is 6.54 Å². The molecule has 146 valence electrons. The fourth-order valence-electron chi connectivity index (χ4n) is 3.37. The summed E-state index contributed by atoms with van der Waals surface area (Å²) in [6.07, 6.45) is 0. The molecule has 0 aliphatic rings. The van der Waals surface area contributed by atoms with Crippen molar-refractivity contribution in [2.24, 2.45) is 5.73 Å². The van der Waals surface area contributed by atoms with Crippen molar-refractivity contribution in [3.05, 3.63) is 83.6 Å². The number of hydrogen-bond acceptors (Lipinski definition) is 3. The summed E-state index contributed by atoms with van der Waals surface area (Å²) in [5, 5.41) is 9.57. The van der Waals surface area contributed by atoms with E-state index in [9.17, 15) is 0 Å². The van der Waals surface area contributed by atoms with Crippen molar-refractivity contribution in [1.29, 1.82) is 5.41 Å². The maximum Gasteiger partial charge on any atom is 0.193 e. The molecule has 0 amide bonds. The lowest BCUT2D eigenvalue weighted by Crippen LogP contribution is -2.36. The first-order valence-electron chi connectivity index (χ1n) is 9.09. The third-order valence-electron chi connectivity index (χ3n) is 4.72. The fourth-order valence-corrected chi connectivity index (χ4v) is 3.54. The van der Waals surface area contributed by atoms with E-state index in [-0.39, 0.29) is 12.5 Å². The molecule has 29 heavy (non-hydrogen) atoms. The van der Waals surface area contributed by atoms with Gasteiger partial charge in [-0.15, -0.1) is 0 Å². The van der Waals surface area contributed by atoms with Gasteiger partial charge in [0.15, 0.2) is 5.96 Å². The van der Waals surface area contributed by atoms with E-state index in [0.717, 1.165) is 22.1 Å². The van der Waals surface area contributed by atoms with Gasteiger partial charge in [0.05, 0.1) is 19.3 Å². The average Bonchev–Trinajstić information content (AvgIpc) is 3.15. The van der Waals surface area contributed by atoms with Crippen LogP contribution in [0.3, 0.4) is 0 Å². The number of methoxy groups -OCH3 is 1. The normalized spacial score (nSPS) is 10.8. The summed E-state index contributed by atoms with van der Waals surface area (Å²) in [6, 6.07) is 23.3. The third kappa shape index (κ3) is 3.77. The van der Waals surface area contributed by atoms with Gasteiger partial charge in [0.2, 0.25) is 0 Å². The lowest BCUT2D eigenvalue weighted by atomic mass is 10.0. The minimum Gasteiger partial charge on any atom is -0.495 e. The fraction of sp³-hybridized carbons (Fsp3) is 0.0870. The van der Waals surface area contributed by atoms with E-state index in [2.05, 4.69) is 12.1 Å². The van der Waals surface area contributed by atoms with Gasteiger partial charge in [0.1, 0.15) is 17.1 Å². The van der Waals surface area contributed by atoms with Gasteiger partial charge in [-0.25, -0.2) is 0 Å². The number of para-hydroxylation sites is 1. The Morgan fingerprint density at radius 1 is 1.07 bits per heavy atom. The number of guanidine groups is 1. The van der Waals surface area contributed by atoms with Gasteiger partial charge in [0.25, 0.3) is 0 Å². The smallest absolute Gasteiger partial charge is 0.193 e. The van der Waals surface area contributed by atoms with E-state index in [4.69, 9.17) is 31.9 Å². The number of ether oxygens (including phenoxy) is 1. The topological polar surface area (TPSA) is 75.5 Å². The number of rotatable bonds is 5. The predicted octanol–water partition coefficient (Wildman–Crippen LogP) is 5.66. The van der Waals surface area contributed by atoms with Crippen LogP contribution >= 0.6 is 11.6 Å². The maximum absolute atomic E-state index is 8.06. The number of fused-ring (bicyclic) bond motifs is 1. The summed E-state index contributed by atoms with van der Waals surface area (Å²) in [4.78, 5) is 1.60. The van der Waals surface area contributed by atoms with Crippen LogP contribution in [-0.4, -0.2) is 13.1 Å². The summed E-state index contributed by atoms with van der Waals surface area (Å²) in [5.41, 5.74) is 9.38. The lowest BCUT2D eigenvalue weighted by molar-refractivity contribution is 0.415. The highest BCUT2D eigenvalue weighted by molar-refractivity contribution is 6.31. The van der Waals surface area contributed by atoms with Crippen LogP contribution in [0.4, 0.5) is 5.69 Å². The Bertz CT molecular complexity index is 1170. The van der Waals surface area contributed by atoms with Crippen molar-refractivity contribution in [2.45, 2.75) is 6.54 Å². The largest absolute Gasteiger partial charge is 0.495 e. The number of benzene rings is 3.